The molecule has 0 saturated carbocycles. The fourth-order valence-electron chi connectivity index (χ4n) is 2.98. The molecule has 2 rings (SSSR count). The molecule has 1 aliphatic heterocycles. The van der Waals surface area contributed by atoms with Crippen molar-refractivity contribution in [2.75, 3.05) is 19.0 Å². The predicted octanol–water partition coefficient (Wildman–Crippen LogP) is 3.13. The number of nitrogens with zero attached hydrogens (tertiary/aromatic N) is 2. The van der Waals surface area contributed by atoms with Crippen molar-refractivity contribution in [3.05, 3.63) is 35.9 Å². The van der Waals surface area contributed by atoms with Crippen LogP contribution in [0.5, 0.6) is 0 Å². The average Bonchev–Trinajstić information content (AvgIpc) is 2.95. The third kappa shape index (κ3) is 4.45. The van der Waals surface area contributed by atoms with Crippen LogP contribution < -0.4 is 0 Å². The zero-order valence-electron chi connectivity index (χ0n) is 13.0. The maximum atomic E-state index is 11.9. The highest BCUT2D eigenvalue weighted by atomic mass is 35.5. The van der Waals surface area contributed by atoms with Crippen LogP contribution in [0.4, 0.5) is 0 Å². The summed E-state index contributed by atoms with van der Waals surface area (Å²) in [7, 11) is 0. The van der Waals surface area contributed by atoms with E-state index < -0.39 is 0 Å². The van der Waals surface area contributed by atoms with Crippen molar-refractivity contribution in [2.24, 2.45) is 0 Å². The van der Waals surface area contributed by atoms with Gasteiger partial charge in [0.1, 0.15) is 5.88 Å². The number of benzene rings is 1. The van der Waals surface area contributed by atoms with Gasteiger partial charge in [-0.1, -0.05) is 30.3 Å². The lowest BCUT2D eigenvalue weighted by Gasteiger charge is -2.33. The van der Waals surface area contributed by atoms with Crippen molar-refractivity contribution < 1.29 is 4.79 Å². The van der Waals surface area contributed by atoms with Gasteiger partial charge in [0.05, 0.1) is 0 Å². The van der Waals surface area contributed by atoms with E-state index in [0.717, 1.165) is 32.5 Å². The van der Waals surface area contributed by atoms with Gasteiger partial charge in [-0.2, -0.15) is 0 Å². The van der Waals surface area contributed by atoms with Gasteiger partial charge in [0, 0.05) is 31.7 Å². The summed E-state index contributed by atoms with van der Waals surface area (Å²) in [4.78, 5) is 16.3. The quantitative estimate of drug-likeness (QED) is 0.754. The van der Waals surface area contributed by atoms with Gasteiger partial charge in [-0.25, -0.2) is 0 Å². The molecule has 1 saturated heterocycles. The van der Waals surface area contributed by atoms with Crippen molar-refractivity contribution in [3.8, 4) is 0 Å². The van der Waals surface area contributed by atoms with Gasteiger partial charge >= 0.3 is 0 Å². The van der Waals surface area contributed by atoms with E-state index in [9.17, 15) is 4.79 Å². The molecule has 0 spiro atoms. The SMILES string of the molecule is CC(C)N(Cc1ccccc1)CC1CCCN1C(=O)CCl. The molecule has 0 aliphatic carbocycles. The van der Waals surface area contributed by atoms with Gasteiger partial charge < -0.3 is 4.90 Å². The van der Waals surface area contributed by atoms with Crippen molar-refractivity contribution in [2.45, 2.75) is 45.3 Å². The molecule has 1 unspecified atom stereocenters. The van der Waals surface area contributed by atoms with Gasteiger partial charge in [-0.3, -0.25) is 9.69 Å². The Hall–Kier alpha value is -1.06. The van der Waals surface area contributed by atoms with Crippen molar-refractivity contribution in [1.29, 1.82) is 0 Å². The number of hydrogen-bond donors (Lipinski definition) is 0. The molecule has 1 fully saturated rings. The highest BCUT2D eigenvalue weighted by Gasteiger charge is 2.30. The second kappa shape index (κ2) is 7.81. The molecule has 0 N–H and O–H groups in total. The molecule has 4 heteroatoms. The van der Waals surface area contributed by atoms with E-state index >= 15 is 0 Å². The maximum Gasteiger partial charge on any atom is 0.237 e. The Balaban J connectivity index is 2.01. The van der Waals surface area contributed by atoms with Gasteiger partial charge in [-0.05, 0) is 32.3 Å². The number of halogens is 1. The summed E-state index contributed by atoms with van der Waals surface area (Å²) >= 11 is 5.72. The third-order valence-electron chi connectivity index (χ3n) is 4.22. The molecule has 0 aromatic heterocycles. The Morgan fingerprint density at radius 2 is 2.10 bits per heavy atom. The Kier molecular flexibility index (Phi) is 6.07. The van der Waals surface area contributed by atoms with Crippen LogP contribution in [0, 0.1) is 0 Å². The van der Waals surface area contributed by atoms with E-state index in [0.29, 0.717) is 12.1 Å². The first-order chi connectivity index (χ1) is 10.1. The van der Waals surface area contributed by atoms with Gasteiger partial charge in [0.15, 0.2) is 0 Å². The van der Waals surface area contributed by atoms with Crippen LogP contribution in [0.3, 0.4) is 0 Å². The Labute approximate surface area is 132 Å². The summed E-state index contributed by atoms with van der Waals surface area (Å²) in [5.74, 6) is 0.166. The van der Waals surface area contributed by atoms with E-state index in [-0.39, 0.29) is 11.8 Å². The molecular formula is C17H25ClN2O. The monoisotopic (exact) mass is 308 g/mol. The molecule has 1 aromatic carbocycles. The first-order valence-corrected chi connectivity index (χ1v) is 8.28. The fourth-order valence-corrected chi connectivity index (χ4v) is 3.13. The molecule has 116 valence electrons. The summed E-state index contributed by atoms with van der Waals surface area (Å²) in [5, 5.41) is 0. The van der Waals surface area contributed by atoms with Crippen LogP contribution in [-0.2, 0) is 11.3 Å². The summed E-state index contributed by atoms with van der Waals surface area (Å²) < 4.78 is 0. The lowest BCUT2D eigenvalue weighted by Crippen LogP contribution is -2.45. The fraction of sp³-hybridized carbons (Fsp3) is 0.588. The number of alkyl halides is 1. The van der Waals surface area contributed by atoms with Crippen molar-refractivity contribution in [1.82, 2.24) is 9.80 Å². The number of carbonyl (C=O) groups excluding carboxylic acids is 1. The summed E-state index contributed by atoms with van der Waals surface area (Å²) in [6, 6.07) is 11.3. The van der Waals surface area contributed by atoms with Crippen LogP contribution in [-0.4, -0.2) is 46.8 Å². The van der Waals surface area contributed by atoms with Crippen molar-refractivity contribution >= 4 is 17.5 Å². The number of rotatable bonds is 6. The summed E-state index contributed by atoms with van der Waals surface area (Å²) in [6.07, 6.45) is 2.17. The molecule has 1 heterocycles. The maximum absolute atomic E-state index is 11.9. The zero-order valence-corrected chi connectivity index (χ0v) is 13.7. The smallest absolute Gasteiger partial charge is 0.237 e. The van der Waals surface area contributed by atoms with Crippen LogP contribution in [0.15, 0.2) is 30.3 Å². The van der Waals surface area contributed by atoms with Gasteiger partial charge in [-0.15, -0.1) is 11.6 Å². The molecule has 1 aliphatic rings. The van der Waals surface area contributed by atoms with Crippen molar-refractivity contribution in [3.63, 3.8) is 0 Å². The lowest BCUT2D eigenvalue weighted by atomic mass is 10.1. The Morgan fingerprint density at radius 3 is 2.71 bits per heavy atom. The van der Waals surface area contributed by atoms with E-state index in [4.69, 9.17) is 11.6 Å². The first-order valence-electron chi connectivity index (χ1n) is 7.75. The summed E-state index contributed by atoms with van der Waals surface area (Å²) in [6.45, 7) is 7.14. The van der Waals surface area contributed by atoms with Crippen LogP contribution in [0.1, 0.15) is 32.3 Å². The molecule has 21 heavy (non-hydrogen) atoms. The minimum atomic E-state index is 0.0718. The number of amides is 1. The average molecular weight is 309 g/mol. The van der Waals surface area contributed by atoms with Crippen LogP contribution >= 0.6 is 11.6 Å². The van der Waals surface area contributed by atoms with E-state index in [1.807, 2.05) is 11.0 Å². The molecule has 1 amide bonds. The third-order valence-corrected chi connectivity index (χ3v) is 4.44. The highest BCUT2D eigenvalue weighted by molar-refractivity contribution is 6.27. The minimum Gasteiger partial charge on any atom is -0.337 e. The molecule has 3 nitrogen and oxygen atoms in total. The molecule has 0 bridgehead atoms. The molecular weight excluding hydrogens is 284 g/mol. The highest BCUT2D eigenvalue weighted by Crippen LogP contribution is 2.20. The number of likely N-dealkylation sites (tertiary alicyclic amines) is 1. The van der Waals surface area contributed by atoms with E-state index in [1.165, 1.54) is 5.56 Å². The Bertz CT molecular complexity index is 449. The van der Waals surface area contributed by atoms with Crippen LogP contribution in [0.2, 0.25) is 0 Å². The molecule has 1 atom stereocenters. The van der Waals surface area contributed by atoms with Gasteiger partial charge in [0.2, 0.25) is 5.91 Å². The Morgan fingerprint density at radius 1 is 1.38 bits per heavy atom. The van der Waals surface area contributed by atoms with Crippen LogP contribution in [0.25, 0.3) is 0 Å². The van der Waals surface area contributed by atoms with E-state index in [2.05, 4.69) is 43.0 Å². The topological polar surface area (TPSA) is 23.6 Å². The van der Waals surface area contributed by atoms with E-state index in [1.54, 1.807) is 0 Å². The largest absolute Gasteiger partial charge is 0.337 e. The normalized spacial score (nSPS) is 18.7. The standard InChI is InChI=1S/C17H25ClN2O/c1-14(2)19(12-15-7-4-3-5-8-15)13-16-9-6-10-20(16)17(21)11-18/h3-5,7-8,14,16H,6,9-13H2,1-2H3. The second-order valence-electron chi connectivity index (χ2n) is 6.03. The van der Waals surface area contributed by atoms with Gasteiger partial charge in [0.25, 0.3) is 0 Å². The first kappa shape index (κ1) is 16.3. The minimum absolute atomic E-state index is 0.0718. The molecule has 1 aromatic rings. The predicted molar refractivity (Wildman–Crippen MR) is 87.4 cm³/mol. The lowest BCUT2D eigenvalue weighted by molar-refractivity contribution is -0.129. The summed E-state index contributed by atoms with van der Waals surface area (Å²) in [5.41, 5.74) is 1.32. The molecule has 0 radical (unpaired) electrons. The zero-order chi connectivity index (χ0) is 15.2. The second-order valence-corrected chi connectivity index (χ2v) is 6.29. The number of hydrogen-bond acceptors (Lipinski definition) is 2. The number of carbonyl (C=O) groups is 1.